The minimum absolute atomic E-state index is 0.0536. The third-order valence-electron chi connectivity index (χ3n) is 7.18. The normalized spacial score (nSPS) is 17.0. The van der Waals surface area contributed by atoms with Crippen molar-refractivity contribution in [2.45, 2.75) is 44.7 Å². The maximum absolute atomic E-state index is 14.7. The number of amides is 2. The molecule has 5 rings (SSSR count). The summed E-state index contributed by atoms with van der Waals surface area (Å²) in [5, 5.41) is 3.15. The molecule has 1 saturated heterocycles. The number of anilines is 2. The molecule has 194 valence electrons. The second-order valence-corrected chi connectivity index (χ2v) is 9.67. The zero-order valence-corrected chi connectivity index (χ0v) is 21.0. The van der Waals surface area contributed by atoms with E-state index in [2.05, 4.69) is 10.2 Å². The van der Waals surface area contributed by atoms with Gasteiger partial charge in [0.2, 0.25) is 5.91 Å². The summed E-state index contributed by atoms with van der Waals surface area (Å²) in [6, 6.07) is 14.4. The molecular formula is C29H32FN3O4. The lowest BCUT2D eigenvalue weighted by atomic mass is 10.0. The van der Waals surface area contributed by atoms with Gasteiger partial charge in [-0.25, -0.2) is 4.39 Å². The van der Waals surface area contributed by atoms with Gasteiger partial charge in [-0.05, 0) is 67.3 Å². The summed E-state index contributed by atoms with van der Waals surface area (Å²) in [4.78, 5) is 31.2. The molecule has 1 aromatic heterocycles. The van der Waals surface area contributed by atoms with Gasteiger partial charge in [-0.3, -0.25) is 14.5 Å². The van der Waals surface area contributed by atoms with Crippen LogP contribution in [-0.4, -0.2) is 44.2 Å². The van der Waals surface area contributed by atoms with Crippen molar-refractivity contribution in [1.29, 1.82) is 0 Å². The van der Waals surface area contributed by atoms with Crippen LogP contribution in [0.15, 0.2) is 65.3 Å². The Hall–Kier alpha value is -3.65. The maximum atomic E-state index is 14.7. The van der Waals surface area contributed by atoms with E-state index >= 15 is 0 Å². The van der Waals surface area contributed by atoms with E-state index in [0.717, 1.165) is 44.5 Å². The van der Waals surface area contributed by atoms with Crippen LogP contribution in [0.1, 0.15) is 53.4 Å². The van der Waals surface area contributed by atoms with Crippen LogP contribution in [0, 0.1) is 12.7 Å². The van der Waals surface area contributed by atoms with Crippen molar-refractivity contribution < 1.29 is 23.1 Å². The van der Waals surface area contributed by atoms with Gasteiger partial charge in [0.05, 0.1) is 19.5 Å². The van der Waals surface area contributed by atoms with E-state index in [-0.39, 0.29) is 23.4 Å². The molecule has 2 amide bonds. The molecule has 8 heteroatoms. The molecule has 1 unspecified atom stereocenters. The second-order valence-electron chi connectivity index (χ2n) is 9.67. The van der Waals surface area contributed by atoms with Crippen LogP contribution in [0.2, 0.25) is 0 Å². The van der Waals surface area contributed by atoms with E-state index < -0.39 is 17.8 Å². The van der Waals surface area contributed by atoms with E-state index in [0.29, 0.717) is 24.3 Å². The van der Waals surface area contributed by atoms with E-state index in [1.165, 1.54) is 17.2 Å². The van der Waals surface area contributed by atoms with Crippen molar-refractivity contribution in [2.75, 3.05) is 36.1 Å². The SMILES string of the molecule is Cc1ccc(N(C(=O)c2ccco2)C(C(=O)NC2CCCC2)c2ccc(N3CCOCC3)cc2)cc1F. The summed E-state index contributed by atoms with van der Waals surface area (Å²) >= 11 is 0. The average molecular weight is 506 g/mol. The number of furan rings is 1. The molecular weight excluding hydrogens is 473 g/mol. The third kappa shape index (κ3) is 5.54. The highest BCUT2D eigenvalue weighted by molar-refractivity contribution is 6.08. The summed E-state index contributed by atoms with van der Waals surface area (Å²) in [5.41, 5.74) is 2.39. The Labute approximate surface area is 216 Å². The van der Waals surface area contributed by atoms with Crippen molar-refractivity contribution in [1.82, 2.24) is 5.32 Å². The van der Waals surface area contributed by atoms with Crippen molar-refractivity contribution in [3.05, 3.63) is 83.6 Å². The van der Waals surface area contributed by atoms with E-state index in [4.69, 9.17) is 9.15 Å². The lowest BCUT2D eigenvalue weighted by molar-refractivity contribution is -0.123. The zero-order valence-electron chi connectivity index (χ0n) is 21.0. The number of morpholine rings is 1. The number of hydrogen-bond donors (Lipinski definition) is 1. The average Bonchev–Trinajstić information content (AvgIpc) is 3.64. The van der Waals surface area contributed by atoms with E-state index in [9.17, 15) is 14.0 Å². The van der Waals surface area contributed by atoms with Gasteiger partial charge in [-0.15, -0.1) is 0 Å². The summed E-state index contributed by atoms with van der Waals surface area (Å²) in [6.45, 7) is 4.57. The van der Waals surface area contributed by atoms with Crippen LogP contribution in [0.5, 0.6) is 0 Å². The largest absolute Gasteiger partial charge is 0.459 e. The second kappa shape index (κ2) is 11.2. The molecule has 1 aliphatic heterocycles. The number of nitrogens with one attached hydrogen (secondary N) is 1. The van der Waals surface area contributed by atoms with Crippen molar-refractivity contribution >= 4 is 23.2 Å². The number of aryl methyl sites for hydroxylation is 1. The lowest BCUT2D eigenvalue weighted by Gasteiger charge is -2.33. The standard InChI is InChI=1S/C29H32FN3O4/c1-20-8-11-24(19-25(20)30)33(29(35)26-7-4-16-37-26)27(28(34)31-22-5-2-3-6-22)21-9-12-23(13-10-21)32-14-17-36-18-15-32/h4,7-13,16,19,22,27H,2-3,5-6,14-15,17-18H2,1H3,(H,31,34). The molecule has 0 spiro atoms. The summed E-state index contributed by atoms with van der Waals surface area (Å²) < 4.78 is 25.6. The number of ether oxygens (including phenoxy) is 1. The molecule has 2 fully saturated rings. The van der Waals surface area contributed by atoms with Crippen LogP contribution < -0.4 is 15.1 Å². The Morgan fingerprint density at radius 3 is 2.43 bits per heavy atom. The number of benzene rings is 2. The minimum Gasteiger partial charge on any atom is -0.459 e. The maximum Gasteiger partial charge on any atom is 0.294 e. The van der Waals surface area contributed by atoms with Gasteiger partial charge in [-0.2, -0.15) is 0 Å². The van der Waals surface area contributed by atoms with Gasteiger partial charge in [0.1, 0.15) is 11.9 Å². The topological polar surface area (TPSA) is 75.0 Å². The van der Waals surface area contributed by atoms with Crippen LogP contribution in [0.4, 0.5) is 15.8 Å². The van der Waals surface area contributed by atoms with Gasteiger partial charge in [-0.1, -0.05) is 31.0 Å². The highest BCUT2D eigenvalue weighted by Crippen LogP contribution is 2.33. The van der Waals surface area contributed by atoms with Crippen molar-refractivity contribution in [3.8, 4) is 0 Å². The Kier molecular flexibility index (Phi) is 7.55. The van der Waals surface area contributed by atoms with Gasteiger partial charge >= 0.3 is 0 Å². The monoisotopic (exact) mass is 505 g/mol. The fourth-order valence-electron chi connectivity index (χ4n) is 5.09. The first-order chi connectivity index (χ1) is 18.0. The van der Waals surface area contributed by atoms with Crippen LogP contribution in [0.25, 0.3) is 0 Å². The predicted molar refractivity (Wildman–Crippen MR) is 139 cm³/mol. The fourth-order valence-corrected chi connectivity index (χ4v) is 5.09. The van der Waals surface area contributed by atoms with Crippen LogP contribution in [0.3, 0.4) is 0 Å². The van der Waals surface area contributed by atoms with Crippen molar-refractivity contribution in [3.63, 3.8) is 0 Å². The number of halogens is 1. The Balaban J connectivity index is 1.56. The smallest absolute Gasteiger partial charge is 0.294 e. The van der Waals surface area contributed by atoms with E-state index in [1.807, 2.05) is 24.3 Å². The molecule has 3 aromatic rings. The predicted octanol–water partition coefficient (Wildman–Crippen LogP) is 5.01. The molecule has 0 radical (unpaired) electrons. The quantitative estimate of drug-likeness (QED) is 0.489. The molecule has 1 saturated carbocycles. The van der Waals surface area contributed by atoms with Gasteiger partial charge in [0.15, 0.2) is 5.76 Å². The molecule has 2 aromatic carbocycles. The fraction of sp³-hybridized carbons (Fsp3) is 0.379. The lowest BCUT2D eigenvalue weighted by Crippen LogP contribution is -2.46. The first-order valence-electron chi connectivity index (χ1n) is 12.9. The molecule has 7 nitrogen and oxygen atoms in total. The third-order valence-corrected chi connectivity index (χ3v) is 7.18. The first-order valence-corrected chi connectivity index (χ1v) is 12.9. The van der Waals surface area contributed by atoms with Crippen molar-refractivity contribution in [2.24, 2.45) is 0 Å². The minimum atomic E-state index is -1.01. The number of carbonyl (C=O) groups is 2. The first kappa shape index (κ1) is 25.0. The highest BCUT2D eigenvalue weighted by Gasteiger charge is 2.36. The number of hydrogen-bond acceptors (Lipinski definition) is 5. The Bertz CT molecular complexity index is 1220. The van der Waals surface area contributed by atoms with Gasteiger partial charge in [0.25, 0.3) is 5.91 Å². The summed E-state index contributed by atoms with van der Waals surface area (Å²) in [7, 11) is 0. The highest BCUT2D eigenvalue weighted by atomic mass is 19.1. The summed E-state index contributed by atoms with van der Waals surface area (Å²) in [5.74, 6) is -1.19. The Morgan fingerprint density at radius 2 is 1.78 bits per heavy atom. The van der Waals surface area contributed by atoms with Crippen LogP contribution in [-0.2, 0) is 9.53 Å². The number of rotatable bonds is 7. The van der Waals surface area contributed by atoms with E-state index in [1.54, 1.807) is 31.2 Å². The molecule has 1 atom stereocenters. The molecule has 2 heterocycles. The number of carbonyl (C=O) groups excluding carboxylic acids is 2. The Morgan fingerprint density at radius 1 is 1.05 bits per heavy atom. The van der Waals surface area contributed by atoms with Gasteiger partial charge < -0.3 is 19.4 Å². The summed E-state index contributed by atoms with van der Waals surface area (Å²) in [6.07, 6.45) is 5.33. The molecule has 37 heavy (non-hydrogen) atoms. The zero-order chi connectivity index (χ0) is 25.8. The van der Waals surface area contributed by atoms with Gasteiger partial charge in [0, 0.05) is 30.5 Å². The molecule has 2 aliphatic rings. The van der Waals surface area contributed by atoms with Crippen LogP contribution >= 0.6 is 0 Å². The molecule has 0 bridgehead atoms. The molecule has 1 N–H and O–H groups in total. The molecule has 1 aliphatic carbocycles. The number of nitrogens with zero attached hydrogens (tertiary/aromatic N) is 2.